The summed E-state index contributed by atoms with van der Waals surface area (Å²) < 4.78 is 0. The van der Waals surface area contributed by atoms with Crippen molar-refractivity contribution in [2.75, 3.05) is 39.8 Å². The summed E-state index contributed by atoms with van der Waals surface area (Å²) in [5.41, 5.74) is 3.78. The highest BCUT2D eigenvalue weighted by molar-refractivity contribution is 6.01. The zero-order valence-electron chi connectivity index (χ0n) is 17.1. The van der Waals surface area contributed by atoms with Gasteiger partial charge in [-0.1, -0.05) is 38.1 Å². The summed E-state index contributed by atoms with van der Waals surface area (Å²) >= 11 is 0. The van der Waals surface area contributed by atoms with Gasteiger partial charge in [0.15, 0.2) is 0 Å². The van der Waals surface area contributed by atoms with Gasteiger partial charge in [-0.05, 0) is 43.0 Å². The Labute approximate surface area is 167 Å². The molecule has 1 saturated heterocycles. The Hall–Kier alpha value is -2.34. The first-order chi connectivity index (χ1) is 13.5. The van der Waals surface area contributed by atoms with Gasteiger partial charge in [0, 0.05) is 20.1 Å². The van der Waals surface area contributed by atoms with Crippen LogP contribution in [0.3, 0.4) is 0 Å². The molecule has 1 fully saturated rings. The number of urea groups is 1. The smallest absolute Gasteiger partial charge is 0.322 e. The van der Waals surface area contributed by atoms with Crippen LogP contribution in [0.25, 0.3) is 0 Å². The second kappa shape index (κ2) is 7.59. The molecule has 1 aromatic rings. The van der Waals surface area contributed by atoms with Gasteiger partial charge < -0.3 is 15.1 Å². The van der Waals surface area contributed by atoms with E-state index >= 15 is 0 Å². The van der Waals surface area contributed by atoms with Crippen LogP contribution in [0.4, 0.5) is 4.79 Å². The third-order valence-electron chi connectivity index (χ3n) is 6.26. The highest BCUT2D eigenvalue weighted by atomic mass is 16.2. The van der Waals surface area contributed by atoms with Gasteiger partial charge in [-0.2, -0.15) is 0 Å². The molecule has 0 saturated carbocycles. The number of carbonyl (C=O) groups excluding carboxylic acids is 2. The Morgan fingerprint density at radius 1 is 1.07 bits per heavy atom. The topological polar surface area (TPSA) is 55.9 Å². The Bertz CT molecular complexity index is 793. The maximum atomic E-state index is 13.2. The summed E-state index contributed by atoms with van der Waals surface area (Å²) in [5, 5.41) is 3.02. The number of rotatable bonds is 5. The minimum Gasteiger partial charge on any atom is -0.332 e. The lowest BCUT2D eigenvalue weighted by Gasteiger charge is -2.31. The average molecular weight is 383 g/mol. The van der Waals surface area contributed by atoms with Crippen molar-refractivity contribution in [1.82, 2.24) is 20.0 Å². The van der Waals surface area contributed by atoms with Crippen molar-refractivity contribution in [3.05, 3.63) is 46.7 Å². The molecule has 150 valence electrons. The monoisotopic (exact) mass is 382 g/mol. The van der Waals surface area contributed by atoms with E-state index in [0.29, 0.717) is 19.0 Å². The van der Waals surface area contributed by atoms with E-state index in [9.17, 15) is 9.59 Å². The Balaban J connectivity index is 1.56. The third-order valence-corrected chi connectivity index (χ3v) is 6.26. The first kappa shape index (κ1) is 19.0. The second-order valence-electron chi connectivity index (χ2n) is 8.40. The quantitative estimate of drug-likeness (QED) is 0.852. The van der Waals surface area contributed by atoms with Gasteiger partial charge in [0.1, 0.15) is 0 Å². The lowest BCUT2D eigenvalue weighted by Crippen LogP contribution is -2.45. The molecule has 4 rings (SSSR count). The number of nitrogens with zero attached hydrogens (tertiary/aromatic N) is 3. The molecule has 3 heterocycles. The van der Waals surface area contributed by atoms with Crippen molar-refractivity contribution < 1.29 is 9.59 Å². The van der Waals surface area contributed by atoms with E-state index in [0.717, 1.165) is 36.5 Å². The first-order valence-electron chi connectivity index (χ1n) is 10.3. The van der Waals surface area contributed by atoms with E-state index in [4.69, 9.17) is 0 Å². The fraction of sp³-hybridized carbons (Fsp3) is 0.545. The minimum atomic E-state index is -0.371. The standard InChI is InChI=1S/C22H30N4O2/c1-15(2)16-6-8-17(9-7-16)20-19-18(24(3)22(28)23-20)14-26(21(19)27)13-12-25-10-4-5-11-25/h6-9,15,20H,4-5,10-14H2,1-3H3,(H,23,28)/t20-/m0/s1. The molecular formula is C22H30N4O2. The van der Waals surface area contributed by atoms with Crippen LogP contribution in [0, 0.1) is 0 Å². The van der Waals surface area contributed by atoms with E-state index in [1.165, 1.54) is 18.4 Å². The minimum absolute atomic E-state index is 0.0546. The van der Waals surface area contributed by atoms with Crippen LogP contribution < -0.4 is 5.32 Å². The second-order valence-corrected chi connectivity index (χ2v) is 8.40. The summed E-state index contributed by atoms with van der Waals surface area (Å²) in [4.78, 5) is 31.7. The van der Waals surface area contributed by atoms with Crippen LogP contribution in [0.5, 0.6) is 0 Å². The number of hydrogen-bond donors (Lipinski definition) is 1. The Morgan fingerprint density at radius 3 is 2.39 bits per heavy atom. The third kappa shape index (κ3) is 3.41. The van der Waals surface area contributed by atoms with E-state index < -0.39 is 0 Å². The van der Waals surface area contributed by atoms with Crippen molar-refractivity contribution in [2.45, 2.75) is 38.6 Å². The van der Waals surface area contributed by atoms with E-state index in [1.54, 1.807) is 11.9 Å². The van der Waals surface area contributed by atoms with Crippen LogP contribution in [0.15, 0.2) is 35.5 Å². The van der Waals surface area contributed by atoms with Gasteiger partial charge in [0.25, 0.3) is 5.91 Å². The molecule has 0 bridgehead atoms. The number of likely N-dealkylation sites (N-methyl/N-ethyl adjacent to an activating group) is 1. The molecule has 6 nitrogen and oxygen atoms in total. The highest BCUT2D eigenvalue weighted by Crippen LogP contribution is 2.36. The molecule has 3 aliphatic heterocycles. The van der Waals surface area contributed by atoms with E-state index in [2.05, 4.69) is 36.2 Å². The normalized spacial score (nSPS) is 23.1. The zero-order chi connectivity index (χ0) is 19.8. The lowest BCUT2D eigenvalue weighted by molar-refractivity contribution is -0.126. The van der Waals surface area contributed by atoms with Crippen molar-refractivity contribution in [3.63, 3.8) is 0 Å². The van der Waals surface area contributed by atoms with Gasteiger partial charge in [-0.25, -0.2) is 4.79 Å². The molecule has 1 aromatic carbocycles. The molecular weight excluding hydrogens is 352 g/mol. The van der Waals surface area contributed by atoms with Gasteiger partial charge in [0.05, 0.1) is 23.9 Å². The predicted octanol–water partition coefficient (Wildman–Crippen LogP) is 2.70. The highest BCUT2D eigenvalue weighted by Gasteiger charge is 2.42. The molecule has 0 aromatic heterocycles. The van der Waals surface area contributed by atoms with Crippen LogP contribution in [0.1, 0.15) is 49.8 Å². The molecule has 6 heteroatoms. The molecule has 0 spiro atoms. The summed E-state index contributed by atoms with van der Waals surface area (Å²) in [7, 11) is 1.75. The number of benzene rings is 1. The fourth-order valence-electron chi connectivity index (χ4n) is 4.40. The molecule has 1 N–H and O–H groups in total. The number of nitrogens with one attached hydrogen (secondary N) is 1. The molecule has 28 heavy (non-hydrogen) atoms. The SMILES string of the molecule is CC(C)c1ccc([C@@H]2NC(=O)N(C)C3=C2C(=O)N(CCN2CCCC2)C3)cc1. The maximum Gasteiger partial charge on any atom is 0.322 e. The predicted molar refractivity (Wildman–Crippen MR) is 109 cm³/mol. The first-order valence-corrected chi connectivity index (χ1v) is 10.3. The van der Waals surface area contributed by atoms with E-state index in [-0.39, 0.29) is 18.0 Å². The average Bonchev–Trinajstić information content (AvgIpc) is 3.31. The molecule has 3 aliphatic rings. The van der Waals surface area contributed by atoms with Gasteiger partial charge in [0.2, 0.25) is 0 Å². The summed E-state index contributed by atoms with van der Waals surface area (Å²) in [5.74, 6) is 0.504. The van der Waals surface area contributed by atoms with E-state index in [1.807, 2.05) is 17.0 Å². The van der Waals surface area contributed by atoms with Crippen LogP contribution in [0.2, 0.25) is 0 Å². The van der Waals surface area contributed by atoms with Gasteiger partial charge >= 0.3 is 6.03 Å². The Kier molecular flexibility index (Phi) is 5.15. The molecule has 0 radical (unpaired) electrons. The summed E-state index contributed by atoms with van der Waals surface area (Å²) in [6, 6.07) is 7.74. The molecule has 0 aliphatic carbocycles. The maximum absolute atomic E-state index is 13.2. The lowest BCUT2D eigenvalue weighted by atomic mass is 9.93. The summed E-state index contributed by atoms with van der Waals surface area (Å²) in [6.07, 6.45) is 2.50. The number of amides is 3. The van der Waals surface area contributed by atoms with Gasteiger partial charge in [-0.3, -0.25) is 9.69 Å². The fourth-order valence-corrected chi connectivity index (χ4v) is 4.40. The van der Waals surface area contributed by atoms with Crippen LogP contribution in [-0.4, -0.2) is 66.4 Å². The van der Waals surface area contributed by atoms with Crippen molar-refractivity contribution in [2.24, 2.45) is 0 Å². The number of likely N-dealkylation sites (tertiary alicyclic amines) is 1. The Morgan fingerprint density at radius 2 is 1.75 bits per heavy atom. The number of carbonyl (C=O) groups is 2. The molecule has 1 atom stereocenters. The van der Waals surface area contributed by atoms with Crippen molar-refractivity contribution in [1.29, 1.82) is 0 Å². The summed E-state index contributed by atoms with van der Waals surface area (Å²) in [6.45, 7) is 8.71. The largest absolute Gasteiger partial charge is 0.332 e. The van der Waals surface area contributed by atoms with Crippen molar-refractivity contribution in [3.8, 4) is 0 Å². The van der Waals surface area contributed by atoms with Crippen molar-refractivity contribution >= 4 is 11.9 Å². The van der Waals surface area contributed by atoms with Crippen LogP contribution >= 0.6 is 0 Å². The molecule has 0 unspecified atom stereocenters. The van der Waals surface area contributed by atoms with Gasteiger partial charge in [-0.15, -0.1) is 0 Å². The number of hydrogen-bond acceptors (Lipinski definition) is 3. The van der Waals surface area contributed by atoms with Crippen LogP contribution in [-0.2, 0) is 4.79 Å². The zero-order valence-corrected chi connectivity index (χ0v) is 17.1. The molecule has 3 amide bonds.